The van der Waals surface area contributed by atoms with E-state index in [1.807, 2.05) is 0 Å². The Morgan fingerprint density at radius 2 is 1.22 bits per heavy atom. The predicted octanol–water partition coefficient (Wildman–Crippen LogP) is -1.34. The summed E-state index contributed by atoms with van der Waals surface area (Å²) in [7, 11) is -4.67. The van der Waals surface area contributed by atoms with Crippen LogP contribution in [0, 0.1) is 0 Å². The smallest absolute Gasteiger partial charge is 0.368 e. The maximum absolute atomic E-state index is 8.74. The highest BCUT2D eigenvalue weighted by molar-refractivity contribution is 7.79. The van der Waals surface area contributed by atoms with Crippen LogP contribution in [0.25, 0.3) is 0 Å². The van der Waals surface area contributed by atoms with Crippen LogP contribution in [0.1, 0.15) is 6.92 Å². The fraction of sp³-hybridized carbons (Fsp3) is 1.00. The zero-order valence-electron chi connectivity index (χ0n) is 4.59. The second-order valence-electron chi connectivity index (χ2n) is 1.08. The third-order valence-electron chi connectivity index (χ3n) is 0. The minimum atomic E-state index is -4.67. The van der Waals surface area contributed by atoms with E-state index in [2.05, 4.69) is 0 Å². The summed E-state index contributed by atoms with van der Waals surface area (Å²) in [6, 6.07) is 0. The zero-order chi connectivity index (χ0) is 8.08. The minimum absolute atomic E-state index is 1.17. The van der Waals surface area contributed by atoms with Crippen LogP contribution in [-0.2, 0) is 10.4 Å². The van der Waals surface area contributed by atoms with Gasteiger partial charge in [0.15, 0.2) is 0 Å². The first-order chi connectivity index (χ1) is 3.73. The maximum atomic E-state index is 8.74. The van der Waals surface area contributed by atoms with Gasteiger partial charge >= 0.3 is 10.4 Å². The van der Waals surface area contributed by atoms with E-state index in [-0.39, 0.29) is 0 Å². The average Bonchev–Trinajstić information content (AvgIpc) is 1.19. The van der Waals surface area contributed by atoms with E-state index in [4.69, 9.17) is 27.7 Å². The van der Waals surface area contributed by atoms with Crippen molar-refractivity contribution >= 4 is 10.4 Å². The van der Waals surface area contributed by atoms with Gasteiger partial charge in [-0.15, -0.1) is 0 Å². The lowest BCUT2D eigenvalue weighted by molar-refractivity contribution is -0.0228. The molecule has 0 bridgehead atoms. The first kappa shape index (κ1) is 11.6. The molecule has 0 spiro atoms. The Kier molecular flexibility index (Phi) is 5.98. The Hall–Kier alpha value is -0.210. The number of aliphatic hydroxyl groups is 2. The minimum Gasteiger partial charge on any atom is -0.368 e. The summed E-state index contributed by atoms with van der Waals surface area (Å²) in [5.41, 5.74) is 0. The van der Waals surface area contributed by atoms with Gasteiger partial charge in [-0.2, -0.15) is 8.42 Å². The molecular weight excluding hydrogens is 152 g/mol. The third-order valence-corrected chi connectivity index (χ3v) is 0. The fourth-order valence-corrected chi connectivity index (χ4v) is 0. The van der Waals surface area contributed by atoms with Crippen molar-refractivity contribution in [1.29, 1.82) is 0 Å². The molecule has 0 atom stereocenters. The fourth-order valence-electron chi connectivity index (χ4n) is 0. The van der Waals surface area contributed by atoms with Crippen molar-refractivity contribution in [2.24, 2.45) is 0 Å². The van der Waals surface area contributed by atoms with Gasteiger partial charge < -0.3 is 10.2 Å². The molecule has 0 saturated carbocycles. The van der Waals surface area contributed by atoms with E-state index in [1.165, 1.54) is 6.92 Å². The maximum Gasteiger partial charge on any atom is 0.394 e. The van der Waals surface area contributed by atoms with Crippen LogP contribution in [-0.4, -0.2) is 34.0 Å². The number of hydrogen-bond acceptors (Lipinski definition) is 4. The monoisotopic (exact) mass is 160 g/mol. The molecule has 4 N–H and O–H groups in total. The van der Waals surface area contributed by atoms with E-state index in [9.17, 15) is 0 Å². The third kappa shape index (κ3) is 5920. The molecule has 0 aromatic rings. The molecule has 0 aromatic carbocycles. The molecule has 0 fully saturated rings. The van der Waals surface area contributed by atoms with Crippen LogP contribution in [0.5, 0.6) is 0 Å². The molecule has 0 aliphatic heterocycles. The van der Waals surface area contributed by atoms with Crippen molar-refractivity contribution in [1.82, 2.24) is 0 Å². The molecule has 0 rings (SSSR count). The Morgan fingerprint density at radius 1 is 1.22 bits per heavy atom. The molecule has 9 heavy (non-hydrogen) atoms. The van der Waals surface area contributed by atoms with E-state index >= 15 is 0 Å². The van der Waals surface area contributed by atoms with E-state index in [0.29, 0.717) is 0 Å². The van der Waals surface area contributed by atoms with Gasteiger partial charge in [0.2, 0.25) is 0 Å². The van der Waals surface area contributed by atoms with Crippen LogP contribution in [0.3, 0.4) is 0 Å². The van der Waals surface area contributed by atoms with E-state index < -0.39 is 16.7 Å². The van der Waals surface area contributed by atoms with Crippen LogP contribution in [0.15, 0.2) is 0 Å². The molecule has 0 aliphatic carbocycles. The van der Waals surface area contributed by atoms with Crippen LogP contribution < -0.4 is 0 Å². The number of rotatable bonds is 0. The summed E-state index contributed by atoms with van der Waals surface area (Å²) in [5, 5.41) is 15.2. The summed E-state index contributed by atoms with van der Waals surface area (Å²) >= 11 is 0. The van der Waals surface area contributed by atoms with Crippen LogP contribution in [0.2, 0.25) is 0 Å². The Morgan fingerprint density at radius 3 is 1.22 bits per heavy atom. The Labute approximate surface area is 52.3 Å². The van der Waals surface area contributed by atoms with Crippen molar-refractivity contribution < 1.29 is 27.7 Å². The normalized spacial score (nSPS) is 10.4. The van der Waals surface area contributed by atoms with Gasteiger partial charge in [-0.1, -0.05) is 0 Å². The zero-order valence-corrected chi connectivity index (χ0v) is 5.41. The molecule has 0 saturated heterocycles. The summed E-state index contributed by atoms with van der Waals surface area (Å²) in [5.74, 6) is 0. The standard InChI is InChI=1S/C2H6O2.H2O4S/c1-2(3)4;1-5(2,3)4/h2-4H,1H3;(H2,1,2,3,4). The van der Waals surface area contributed by atoms with Crippen molar-refractivity contribution in [2.45, 2.75) is 13.2 Å². The van der Waals surface area contributed by atoms with Crippen LogP contribution >= 0.6 is 0 Å². The van der Waals surface area contributed by atoms with Gasteiger partial charge in [0, 0.05) is 0 Å². The van der Waals surface area contributed by atoms with Gasteiger partial charge in [-0.25, -0.2) is 0 Å². The molecule has 7 heteroatoms. The Bertz CT molecular complexity index is 122. The molecule has 0 aliphatic rings. The molecule has 0 amide bonds. The second kappa shape index (κ2) is 4.65. The highest BCUT2D eigenvalue weighted by Gasteiger charge is 1.84. The van der Waals surface area contributed by atoms with Crippen molar-refractivity contribution in [3.8, 4) is 0 Å². The van der Waals surface area contributed by atoms with E-state index in [0.717, 1.165) is 0 Å². The van der Waals surface area contributed by atoms with Crippen molar-refractivity contribution in [3.63, 3.8) is 0 Å². The van der Waals surface area contributed by atoms with E-state index in [1.54, 1.807) is 0 Å². The molecule has 0 unspecified atom stereocenters. The highest BCUT2D eigenvalue weighted by atomic mass is 32.3. The first-order valence-electron chi connectivity index (χ1n) is 1.79. The van der Waals surface area contributed by atoms with Crippen LogP contribution in [0.4, 0.5) is 0 Å². The number of aliphatic hydroxyl groups excluding tert-OH is 1. The summed E-state index contributed by atoms with van der Waals surface area (Å²) in [6.07, 6.45) is -1.17. The quantitative estimate of drug-likeness (QED) is 0.257. The molecule has 6 nitrogen and oxygen atoms in total. The molecule has 0 aromatic heterocycles. The summed E-state index contributed by atoms with van der Waals surface area (Å²) < 4.78 is 31.6. The number of hydrogen-bond donors (Lipinski definition) is 4. The van der Waals surface area contributed by atoms with Gasteiger partial charge in [0.1, 0.15) is 6.29 Å². The lowest BCUT2D eigenvalue weighted by Gasteiger charge is -1.80. The molecule has 0 heterocycles. The summed E-state index contributed by atoms with van der Waals surface area (Å²) in [4.78, 5) is 0. The van der Waals surface area contributed by atoms with Gasteiger partial charge in [0.25, 0.3) is 0 Å². The van der Waals surface area contributed by atoms with Gasteiger partial charge in [0.05, 0.1) is 0 Å². The van der Waals surface area contributed by atoms with Crippen molar-refractivity contribution in [3.05, 3.63) is 0 Å². The van der Waals surface area contributed by atoms with Gasteiger partial charge in [-0.3, -0.25) is 9.11 Å². The molecule has 0 radical (unpaired) electrons. The second-order valence-corrected chi connectivity index (χ2v) is 1.98. The highest BCUT2D eigenvalue weighted by Crippen LogP contribution is 1.59. The van der Waals surface area contributed by atoms with Gasteiger partial charge in [-0.05, 0) is 6.92 Å². The average molecular weight is 160 g/mol. The lowest BCUT2D eigenvalue weighted by Crippen LogP contribution is -1.92. The molecule has 58 valence electrons. The predicted molar refractivity (Wildman–Crippen MR) is 28.1 cm³/mol. The summed E-state index contributed by atoms with van der Waals surface area (Å²) in [6.45, 7) is 1.28. The lowest BCUT2D eigenvalue weighted by atomic mass is 10.8. The molecular formula is C2H8O6S. The SMILES string of the molecule is CC(O)O.O=S(=O)(O)O. The first-order valence-corrected chi connectivity index (χ1v) is 3.19. The topological polar surface area (TPSA) is 115 Å². The Balaban J connectivity index is 0. The largest absolute Gasteiger partial charge is 0.394 e. The van der Waals surface area contributed by atoms with Crippen molar-refractivity contribution in [2.75, 3.05) is 0 Å².